The minimum Gasteiger partial charge on any atom is -0.444 e. The lowest BCUT2D eigenvalue weighted by Crippen LogP contribution is -2.44. The third kappa shape index (κ3) is 5.84. The molecule has 27 heavy (non-hydrogen) atoms. The summed E-state index contributed by atoms with van der Waals surface area (Å²) in [5, 5.41) is 0. The van der Waals surface area contributed by atoms with E-state index in [1.165, 1.54) is 0 Å². The smallest absolute Gasteiger partial charge is 0.410 e. The normalized spacial score (nSPS) is 15.4. The van der Waals surface area contributed by atoms with Crippen molar-refractivity contribution in [1.29, 1.82) is 0 Å². The van der Waals surface area contributed by atoms with Gasteiger partial charge in [-0.25, -0.2) is 9.78 Å². The summed E-state index contributed by atoms with van der Waals surface area (Å²) in [5.41, 5.74) is 0.130. The molecule has 2 amide bonds. The molecule has 2 heterocycles. The lowest BCUT2D eigenvalue weighted by atomic mass is 9.96. The Balaban J connectivity index is 1.90. The topological polar surface area (TPSA) is 66.0 Å². The molecule has 0 saturated carbocycles. The van der Waals surface area contributed by atoms with E-state index in [0.717, 1.165) is 12.8 Å². The number of hydrogen-bond acceptors (Lipinski definition) is 5. The van der Waals surface area contributed by atoms with Crippen molar-refractivity contribution < 1.29 is 14.3 Å². The van der Waals surface area contributed by atoms with Gasteiger partial charge in [0.05, 0.1) is 5.56 Å². The van der Waals surface area contributed by atoms with Gasteiger partial charge in [-0.15, -0.1) is 0 Å². The first kappa shape index (κ1) is 21.0. The van der Waals surface area contributed by atoms with Gasteiger partial charge in [-0.1, -0.05) is 0 Å². The summed E-state index contributed by atoms with van der Waals surface area (Å²) in [6, 6.07) is 3.60. The number of likely N-dealkylation sites (tertiary alicyclic amines) is 1. The Morgan fingerprint density at radius 3 is 2.41 bits per heavy atom. The van der Waals surface area contributed by atoms with Gasteiger partial charge < -0.3 is 19.4 Å². The summed E-state index contributed by atoms with van der Waals surface area (Å²) >= 11 is 0. The summed E-state index contributed by atoms with van der Waals surface area (Å²) in [6.45, 7) is 7.62. The number of piperidine rings is 1. The molecule has 0 N–H and O–H groups in total. The molecule has 1 fully saturated rings. The number of hydrogen-bond donors (Lipinski definition) is 0. The van der Waals surface area contributed by atoms with Crippen LogP contribution >= 0.6 is 0 Å². The number of carbonyl (C=O) groups excluding carboxylic acids is 2. The molecule has 1 aliphatic rings. The van der Waals surface area contributed by atoms with Crippen LogP contribution in [0.4, 0.5) is 10.6 Å². The fraction of sp³-hybridized carbons (Fsp3) is 0.650. The van der Waals surface area contributed by atoms with E-state index in [-0.39, 0.29) is 12.0 Å². The van der Waals surface area contributed by atoms with Crippen molar-refractivity contribution in [1.82, 2.24) is 14.8 Å². The number of rotatable bonds is 4. The first-order valence-electron chi connectivity index (χ1n) is 9.44. The molecule has 150 valence electrons. The molecule has 2 rings (SSSR count). The van der Waals surface area contributed by atoms with Gasteiger partial charge in [0.15, 0.2) is 0 Å². The molecule has 0 aliphatic carbocycles. The molecule has 0 radical (unpaired) electrons. The quantitative estimate of drug-likeness (QED) is 0.808. The Bertz CT molecular complexity index is 661. The first-order valence-corrected chi connectivity index (χ1v) is 9.44. The maximum Gasteiger partial charge on any atom is 0.410 e. The van der Waals surface area contributed by atoms with Crippen molar-refractivity contribution >= 4 is 17.8 Å². The zero-order valence-electron chi connectivity index (χ0n) is 17.4. The molecule has 0 atom stereocenters. The van der Waals surface area contributed by atoms with Crippen LogP contribution in [0.1, 0.15) is 44.0 Å². The van der Waals surface area contributed by atoms with Crippen molar-refractivity contribution in [3.8, 4) is 0 Å². The van der Waals surface area contributed by atoms with Gasteiger partial charge in [-0.3, -0.25) is 4.79 Å². The summed E-state index contributed by atoms with van der Waals surface area (Å²) in [4.78, 5) is 34.7. The minimum atomic E-state index is -0.478. The van der Waals surface area contributed by atoms with Crippen LogP contribution in [0, 0.1) is 5.92 Å². The first-order chi connectivity index (χ1) is 12.6. The van der Waals surface area contributed by atoms with E-state index in [1.807, 2.05) is 52.9 Å². The average molecular weight is 377 g/mol. The largest absolute Gasteiger partial charge is 0.444 e. The van der Waals surface area contributed by atoms with Gasteiger partial charge in [-0.05, 0) is 51.7 Å². The van der Waals surface area contributed by atoms with E-state index in [4.69, 9.17) is 4.74 Å². The molecule has 1 aromatic heterocycles. The molecule has 0 aromatic carbocycles. The van der Waals surface area contributed by atoms with Crippen LogP contribution in [-0.4, -0.2) is 73.2 Å². The summed E-state index contributed by atoms with van der Waals surface area (Å²) in [6.07, 6.45) is 3.17. The fourth-order valence-corrected chi connectivity index (χ4v) is 3.22. The molecule has 1 aromatic rings. The monoisotopic (exact) mass is 376 g/mol. The lowest BCUT2D eigenvalue weighted by molar-refractivity contribution is 0.0171. The van der Waals surface area contributed by atoms with Crippen molar-refractivity contribution in [2.45, 2.75) is 39.2 Å². The van der Waals surface area contributed by atoms with Gasteiger partial charge in [0.1, 0.15) is 11.4 Å². The zero-order chi connectivity index (χ0) is 20.2. The van der Waals surface area contributed by atoms with E-state index in [9.17, 15) is 9.59 Å². The average Bonchev–Trinajstić information content (AvgIpc) is 2.60. The molecule has 1 saturated heterocycles. The molecule has 0 spiro atoms. The van der Waals surface area contributed by atoms with E-state index in [2.05, 4.69) is 4.98 Å². The highest BCUT2D eigenvalue weighted by Crippen LogP contribution is 2.22. The predicted octanol–water partition coefficient (Wildman–Crippen LogP) is 2.87. The number of anilines is 1. The highest BCUT2D eigenvalue weighted by molar-refractivity contribution is 5.98. The Hall–Kier alpha value is -2.31. The van der Waals surface area contributed by atoms with Crippen LogP contribution in [0.15, 0.2) is 18.3 Å². The highest BCUT2D eigenvalue weighted by Gasteiger charge is 2.28. The van der Waals surface area contributed by atoms with Crippen molar-refractivity contribution in [3.05, 3.63) is 23.9 Å². The second-order valence-corrected chi connectivity index (χ2v) is 8.37. The second-order valence-electron chi connectivity index (χ2n) is 8.37. The van der Waals surface area contributed by atoms with Crippen LogP contribution in [0.25, 0.3) is 0 Å². The van der Waals surface area contributed by atoms with Crippen LogP contribution in [-0.2, 0) is 4.74 Å². The zero-order valence-corrected chi connectivity index (χ0v) is 17.4. The number of carbonyl (C=O) groups is 2. The van der Waals surface area contributed by atoms with E-state index >= 15 is 0 Å². The Kier molecular flexibility index (Phi) is 6.68. The van der Waals surface area contributed by atoms with Crippen molar-refractivity contribution in [2.75, 3.05) is 45.7 Å². The van der Waals surface area contributed by atoms with Gasteiger partial charge in [0.2, 0.25) is 0 Å². The van der Waals surface area contributed by atoms with Crippen LogP contribution in [0.3, 0.4) is 0 Å². The van der Waals surface area contributed by atoms with Crippen LogP contribution in [0.5, 0.6) is 0 Å². The summed E-state index contributed by atoms with van der Waals surface area (Å²) < 4.78 is 5.44. The lowest BCUT2D eigenvalue weighted by Gasteiger charge is -2.35. The highest BCUT2D eigenvalue weighted by atomic mass is 16.6. The molecular weight excluding hydrogens is 344 g/mol. The third-order valence-corrected chi connectivity index (χ3v) is 4.59. The van der Waals surface area contributed by atoms with Gasteiger partial charge in [0, 0.05) is 47.0 Å². The van der Waals surface area contributed by atoms with E-state index in [1.54, 1.807) is 22.1 Å². The van der Waals surface area contributed by atoms with Crippen LogP contribution < -0.4 is 4.90 Å². The van der Waals surface area contributed by atoms with Gasteiger partial charge in [0.25, 0.3) is 5.91 Å². The standard InChI is InChI=1S/C20H32N4O3/c1-20(2,3)27-19(26)24-12-9-15(10-13-24)14-23(6)18(25)16-8-7-11-21-17(16)22(4)5/h7-8,11,15H,9-10,12-14H2,1-6H3. The van der Waals surface area contributed by atoms with Crippen molar-refractivity contribution in [3.63, 3.8) is 0 Å². The predicted molar refractivity (Wildman–Crippen MR) is 106 cm³/mol. The third-order valence-electron chi connectivity index (χ3n) is 4.59. The number of ether oxygens (including phenoxy) is 1. The molecule has 7 heteroatoms. The molecular formula is C20H32N4O3. The maximum atomic E-state index is 12.8. The minimum absolute atomic E-state index is 0.0265. The SMILES string of the molecule is CN(CC1CCN(C(=O)OC(C)(C)C)CC1)C(=O)c1cccnc1N(C)C. The number of amides is 2. The molecule has 1 aliphatic heterocycles. The number of pyridine rings is 1. The van der Waals surface area contributed by atoms with Gasteiger partial charge >= 0.3 is 6.09 Å². The fourth-order valence-electron chi connectivity index (χ4n) is 3.22. The Morgan fingerprint density at radius 2 is 1.85 bits per heavy atom. The van der Waals surface area contributed by atoms with E-state index < -0.39 is 5.60 Å². The molecule has 7 nitrogen and oxygen atoms in total. The molecule has 0 bridgehead atoms. The maximum absolute atomic E-state index is 12.8. The number of nitrogens with zero attached hydrogens (tertiary/aromatic N) is 4. The van der Waals surface area contributed by atoms with Crippen LogP contribution in [0.2, 0.25) is 0 Å². The Labute approximate surface area is 162 Å². The number of aromatic nitrogens is 1. The Morgan fingerprint density at radius 1 is 1.22 bits per heavy atom. The second kappa shape index (κ2) is 8.59. The van der Waals surface area contributed by atoms with Crippen molar-refractivity contribution in [2.24, 2.45) is 5.92 Å². The summed E-state index contributed by atoms with van der Waals surface area (Å²) in [5.74, 6) is 1.02. The summed E-state index contributed by atoms with van der Waals surface area (Å²) in [7, 11) is 5.59. The molecule has 0 unspecified atom stereocenters. The van der Waals surface area contributed by atoms with Gasteiger partial charge in [-0.2, -0.15) is 0 Å². The van der Waals surface area contributed by atoms with E-state index in [0.29, 0.717) is 36.9 Å².